The highest BCUT2D eigenvalue weighted by molar-refractivity contribution is 6.36. The van der Waals surface area contributed by atoms with Gasteiger partial charge in [0.1, 0.15) is 0 Å². The molecular weight excluding hydrogens is 487 g/mol. The van der Waals surface area contributed by atoms with Crippen LogP contribution in [-0.2, 0) is 13.1 Å². The zero-order valence-corrected chi connectivity index (χ0v) is 21.3. The Hall–Kier alpha value is -3.66. The van der Waals surface area contributed by atoms with Crippen molar-refractivity contribution in [2.75, 3.05) is 0 Å². The monoisotopic (exact) mass is 510 g/mol. The molecule has 1 aromatic heterocycles. The summed E-state index contributed by atoms with van der Waals surface area (Å²) < 4.78 is 0. The number of hydrogen-bond donors (Lipinski definition) is 0. The van der Waals surface area contributed by atoms with Gasteiger partial charge in [-0.15, -0.1) is 0 Å². The number of carbonyl (C=O) groups excluding carboxylic acids is 1. The molecule has 0 N–H and O–H groups in total. The van der Waals surface area contributed by atoms with E-state index in [0.717, 1.165) is 33.2 Å². The van der Waals surface area contributed by atoms with Gasteiger partial charge in [0.25, 0.3) is 5.91 Å². The van der Waals surface area contributed by atoms with Gasteiger partial charge in [-0.05, 0) is 47.9 Å². The third-order valence-corrected chi connectivity index (χ3v) is 6.80. The molecule has 0 saturated carbocycles. The first-order valence-electron chi connectivity index (χ1n) is 11.7. The van der Waals surface area contributed by atoms with Gasteiger partial charge in [-0.2, -0.15) is 0 Å². The number of benzene rings is 4. The van der Waals surface area contributed by atoms with Crippen LogP contribution in [-0.4, -0.2) is 15.8 Å². The van der Waals surface area contributed by atoms with Gasteiger partial charge < -0.3 is 4.90 Å². The second-order valence-electron chi connectivity index (χ2n) is 8.73. The summed E-state index contributed by atoms with van der Waals surface area (Å²) in [4.78, 5) is 21.2. The first-order chi connectivity index (χ1) is 17.5. The number of halogens is 2. The van der Waals surface area contributed by atoms with Gasteiger partial charge in [0.15, 0.2) is 0 Å². The molecule has 0 spiro atoms. The van der Waals surface area contributed by atoms with Crippen LogP contribution in [0.2, 0.25) is 10.0 Å². The molecule has 5 heteroatoms. The zero-order chi connectivity index (χ0) is 25.1. The first kappa shape index (κ1) is 24.1. The summed E-state index contributed by atoms with van der Waals surface area (Å²) in [5.41, 5.74) is 5.72. The molecule has 36 heavy (non-hydrogen) atoms. The molecular formula is C31H24Cl2N2O. The van der Waals surface area contributed by atoms with E-state index < -0.39 is 0 Å². The number of fused-ring (bicyclic) bond motifs is 1. The first-order valence-corrected chi connectivity index (χ1v) is 12.5. The van der Waals surface area contributed by atoms with Gasteiger partial charge in [-0.25, -0.2) is 4.98 Å². The summed E-state index contributed by atoms with van der Waals surface area (Å²) in [6, 6.07) is 33.2. The second kappa shape index (κ2) is 10.5. The Morgan fingerprint density at radius 1 is 0.778 bits per heavy atom. The Kier molecular flexibility index (Phi) is 7.04. The zero-order valence-electron chi connectivity index (χ0n) is 19.8. The van der Waals surface area contributed by atoms with Crippen molar-refractivity contribution in [3.63, 3.8) is 0 Å². The standard InChI is InChI=1S/C31H24Cl2N2O/c1-21-29(26-14-8-9-15-28(26)34-30(21)25-17-16-24(32)18-27(25)33)31(36)35(19-22-10-4-2-5-11-22)20-23-12-6-3-7-13-23/h2-18H,19-20H2,1H3. The SMILES string of the molecule is Cc1c(-c2ccc(Cl)cc2Cl)nc2ccccc2c1C(=O)N(Cc1ccccc1)Cc1ccccc1. The smallest absolute Gasteiger partial charge is 0.255 e. The number of para-hydroxylation sites is 1. The fraction of sp³-hybridized carbons (Fsp3) is 0.0968. The Bertz CT molecular complexity index is 1490. The number of carbonyl (C=O) groups is 1. The van der Waals surface area contributed by atoms with Crippen molar-refractivity contribution in [1.82, 2.24) is 9.88 Å². The lowest BCUT2D eigenvalue weighted by Crippen LogP contribution is -2.31. The number of hydrogen-bond acceptors (Lipinski definition) is 2. The van der Waals surface area contributed by atoms with Crippen molar-refractivity contribution in [3.05, 3.63) is 135 Å². The number of amides is 1. The Labute approximate surface area is 220 Å². The molecule has 0 fully saturated rings. The van der Waals surface area contributed by atoms with Crippen LogP contribution in [0.3, 0.4) is 0 Å². The van der Waals surface area contributed by atoms with Crippen LogP contribution in [0.5, 0.6) is 0 Å². The fourth-order valence-electron chi connectivity index (χ4n) is 4.49. The molecule has 0 radical (unpaired) electrons. The van der Waals surface area contributed by atoms with E-state index in [1.807, 2.05) is 103 Å². The molecule has 3 nitrogen and oxygen atoms in total. The molecule has 0 atom stereocenters. The van der Waals surface area contributed by atoms with Crippen LogP contribution < -0.4 is 0 Å². The Morgan fingerprint density at radius 2 is 1.36 bits per heavy atom. The van der Waals surface area contributed by atoms with Crippen molar-refractivity contribution in [1.29, 1.82) is 0 Å². The summed E-state index contributed by atoms with van der Waals surface area (Å²) >= 11 is 12.7. The summed E-state index contributed by atoms with van der Waals surface area (Å²) in [5.74, 6) is -0.0508. The van der Waals surface area contributed by atoms with Crippen LogP contribution in [0.4, 0.5) is 0 Å². The maximum Gasteiger partial charge on any atom is 0.255 e. The van der Waals surface area contributed by atoms with E-state index in [0.29, 0.717) is 34.4 Å². The third-order valence-electron chi connectivity index (χ3n) is 6.26. The number of pyridine rings is 1. The highest BCUT2D eigenvalue weighted by Gasteiger charge is 2.24. The molecule has 1 amide bonds. The molecule has 0 aliphatic rings. The molecule has 178 valence electrons. The number of aromatic nitrogens is 1. The van der Waals surface area contributed by atoms with Gasteiger partial charge in [-0.1, -0.05) is 102 Å². The second-order valence-corrected chi connectivity index (χ2v) is 9.58. The van der Waals surface area contributed by atoms with Gasteiger partial charge in [0.2, 0.25) is 0 Å². The minimum Gasteiger partial charge on any atom is -0.330 e. The van der Waals surface area contributed by atoms with E-state index in [2.05, 4.69) is 0 Å². The molecule has 0 unspecified atom stereocenters. The lowest BCUT2D eigenvalue weighted by Gasteiger charge is -2.25. The third kappa shape index (κ3) is 4.99. The normalized spacial score (nSPS) is 11.0. The fourth-order valence-corrected chi connectivity index (χ4v) is 4.99. The van der Waals surface area contributed by atoms with Crippen molar-refractivity contribution in [2.45, 2.75) is 20.0 Å². The number of rotatable bonds is 6. The average molecular weight is 511 g/mol. The Balaban J connectivity index is 1.67. The summed E-state index contributed by atoms with van der Waals surface area (Å²) in [5, 5.41) is 1.87. The van der Waals surface area contributed by atoms with Crippen LogP contribution in [0.1, 0.15) is 27.0 Å². The largest absolute Gasteiger partial charge is 0.330 e. The number of nitrogens with zero attached hydrogens (tertiary/aromatic N) is 2. The van der Waals surface area contributed by atoms with Crippen LogP contribution in [0.15, 0.2) is 103 Å². The van der Waals surface area contributed by atoms with Gasteiger partial charge in [0, 0.05) is 29.1 Å². The van der Waals surface area contributed by atoms with Crippen molar-refractivity contribution < 1.29 is 4.79 Å². The van der Waals surface area contributed by atoms with Crippen molar-refractivity contribution in [2.24, 2.45) is 0 Å². The van der Waals surface area contributed by atoms with Crippen molar-refractivity contribution >= 4 is 40.0 Å². The quantitative estimate of drug-likeness (QED) is 0.230. The highest BCUT2D eigenvalue weighted by Crippen LogP contribution is 2.35. The van der Waals surface area contributed by atoms with Gasteiger partial charge >= 0.3 is 0 Å². The van der Waals surface area contributed by atoms with E-state index in [4.69, 9.17) is 28.2 Å². The molecule has 4 aromatic carbocycles. The van der Waals surface area contributed by atoms with Crippen LogP contribution >= 0.6 is 23.2 Å². The highest BCUT2D eigenvalue weighted by atomic mass is 35.5. The molecule has 5 rings (SSSR count). The lowest BCUT2D eigenvalue weighted by molar-refractivity contribution is 0.0731. The predicted octanol–water partition coefficient (Wildman–Crippen LogP) is 8.36. The van der Waals surface area contributed by atoms with Crippen LogP contribution in [0, 0.1) is 6.92 Å². The molecule has 0 bridgehead atoms. The van der Waals surface area contributed by atoms with Gasteiger partial charge in [-0.3, -0.25) is 4.79 Å². The minimum atomic E-state index is -0.0508. The predicted molar refractivity (Wildman–Crippen MR) is 148 cm³/mol. The summed E-state index contributed by atoms with van der Waals surface area (Å²) in [6.07, 6.45) is 0. The maximum atomic E-state index is 14.4. The molecule has 1 heterocycles. The lowest BCUT2D eigenvalue weighted by atomic mass is 9.96. The van der Waals surface area contributed by atoms with E-state index in [1.165, 1.54) is 0 Å². The van der Waals surface area contributed by atoms with Gasteiger partial charge in [0.05, 0.1) is 21.8 Å². The topological polar surface area (TPSA) is 33.2 Å². The average Bonchev–Trinajstić information content (AvgIpc) is 2.89. The maximum absolute atomic E-state index is 14.4. The molecule has 0 aliphatic carbocycles. The van der Waals surface area contributed by atoms with E-state index in [1.54, 1.807) is 12.1 Å². The summed E-state index contributed by atoms with van der Waals surface area (Å²) in [7, 11) is 0. The molecule has 5 aromatic rings. The Morgan fingerprint density at radius 3 is 1.97 bits per heavy atom. The minimum absolute atomic E-state index is 0.0508. The summed E-state index contributed by atoms with van der Waals surface area (Å²) in [6.45, 7) is 2.92. The van der Waals surface area contributed by atoms with E-state index in [9.17, 15) is 4.79 Å². The molecule has 0 aliphatic heterocycles. The van der Waals surface area contributed by atoms with E-state index >= 15 is 0 Å². The van der Waals surface area contributed by atoms with Crippen LogP contribution in [0.25, 0.3) is 22.2 Å². The van der Waals surface area contributed by atoms with Crippen molar-refractivity contribution in [3.8, 4) is 11.3 Å². The molecule has 0 saturated heterocycles. The van der Waals surface area contributed by atoms with E-state index in [-0.39, 0.29) is 5.91 Å².